The van der Waals surface area contributed by atoms with Gasteiger partial charge in [0, 0.05) is 32.8 Å². The van der Waals surface area contributed by atoms with Gasteiger partial charge in [0.05, 0.1) is 11.6 Å². The molecule has 0 unspecified atom stereocenters. The number of hydrogen-bond acceptors (Lipinski definition) is 5. The number of hydrogen-bond donors (Lipinski definition) is 0. The summed E-state index contributed by atoms with van der Waals surface area (Å²) in [5.74, 6) is 1.73. The van der Waals surface area contributed by atoms with Gasteiger partial charge < -0.3 is 4.42 Å². The van der Waals surface area contributed by atoms with Crippen molar-refractivity contribution >= 4 is 32.7 Å². The highest BCUT2D eigenvalue weighted by Crippen LogP contribution is 2.42. The lowest BCUT2D eigenvalue weighted by Gasteiger charge is -2.10. The van der Waals surface area contributed by atoms with Gasteiger partial charge in [-0.05, 0) is 69.1 Å². The van der Waals surface area contributed by atoms with Crippen LogP contribution in [0.15, 0.2) is 186 Å². The Morgan fingerprint density at radius 3 is 1.51 bits per heavy atom. The van der Waals surface area contributed by atoms with Crippen LogP contribution in [0.1, 0.15) is 5.56 Å². The van der Waals surface area contributed by atoms with E-state index in [9.17, 15) is 5.26 Å². The quantitative estimate of drug-likeness (QED) is 0.172. The van der Waals surface area contributed by atoms with Gasteiger partial charge in [-0.15, -0.1) is 0 Å². The van der Waals surface area contributed by atoms with E-state index in [-0.39, 0.29) is 0 Å². The summed E-state index contributed by atoms with van der Waals surface area (Å²) in [6, 6.07) is 64.1. The predicted octanol–water partition coefficient (Wildman–Crippen LogP) is 12.8. The first kappa shape index (κ1) is 32.0. The summed E-state index contributed by atoms with van der Waals surface area (Å²) in [7, 11) is 0. The van der Waals surface area contributed by atoms with Gasteiger partial charge in [-0.2, -0.15) is 5.26 Å². The number of nitrogens with zero attached hydrogens (tertiary/aromatic N) is 4. The van der Waals surface area contributed by atoms with Gasteiger partial charge in [-0.25, -0.2) is 15.0 Å². The van der Waals surface area contributed by atoms with Gasteiger partial charge in [-0.1, -0.05) is 152 Å². The summed E-state index contributed by atoms with van der Waals surface area (Å²) in [6.45, 7) is 0. The van der Waals surface area contributed by atoms with Crippen molar-refractivity contribution in [3.8, 4) is 73.6 Å². The Labute approximate surface area is 317 Å². The third-order valence-electron chi connectivity index (χ3n) is 10.2. The SMILES string of the molecule is N#Cc1ccc(-c2ccc(-c3nc(-c4ccccc4)nc(-c4ccc5c(c4)oc4c6ccccc6cc(-c6ccc(-c7ccccc7)cc6)c54)n3)cc2)cc1. The first-order chi connectivity index (χ1) is 27.2. The van der Waals surface area contributed by atoms with E-state index in [0.29, 0.717) is 23.0 Å². The number of rotatable bonds is 6. The Morgan fingerprint density at radius 1 is 0.400 bits per heavy atom. The molecule has 256 valence electrons. The van der Waals surface area contributed by atoms with E-state index in [0.717, 1.165) is 71.7 Å². The summed E-state index contributed by atoms with van der Waals surface area (Å²) in [5.41, 5.74) is 11.6. The first-order valence-corrected chi connectivity index (χ1v) is 18.2. The molecule has 0 aliphatic rings. The van der Waals surface area contributed by atoms with Gasteiger partial charge in [-0.3, -0.25) is 0 Å². The van der Waals surface area contributed by atoms with E-state index in [1.54, 1.807) is 0 Å². The number of furan rings is 1. The summed E-state index contributed by atoms with van der Waals surface area (Å²) in [4.78, 5) is 15.0. The summed E-state index contributed by atoms with van der Waals surface area (Å²) in [6.07, 6.45) is 0. The maximum Gasteiger partial charge on any atom is 0.164 e. The molecule has 2 aromatic heterocycles. The molecule has 0 spiro atoms. The molecule has 0 atom stereocenters. The lowest BCUT2D eigenvalue weighted by atomic mass is 9.94. The fraction of sp³-hybridized carbons (Fsp3) is 0. The standard InChI is InChI=1S/C50H30N4O/c51-31-32-15-17-34(18-16-32)36-21-25-39(26-22-36)49-52-48(38-11-5-2-6-12-38)53-50(54-49)41-27-28-43-45(30-41)55-47-42-14-8-7-13-40(42)29-44(46(43)47)37-23-19-35(20-24-37)33-9-3-1-4-10-33/h1-30H. The maximum atomic E-state index is 9.21. The van der Waals surface area contributed by atoms with E-state index in [1.165, 1.54) is 11.1 Å². The van der Waals surface area contributed by atoms with Crippen LogP contribution in [0.25, 0.3) is 100 Å². The van der Waals surface area contributed by atoms with Crippen LogP contribution in [-0.4, -0.2) is 15.0 Å². The van der Waals surface area contributed by atoms with Crippen LogP contribution in [0.4, 0.5) is 0 Å². The molecule has 5 heteroatoms. The lowest BCUT2D eigenvalue weighted by Crippen LogP contribution is -2.00. The Kier molecular flexibility index (Phi) is 7.79. The zero-order valence-corrected chi connectivity index (χ0v) is 29.5. The largest absolute Gasteiger partial charge is 0.455 e. The third kappa shape index (κ3) is 5.89. The molecule has 0 radical (unpaired) electrons. The lowest BCUT2D eigenvalue weighted by molar-refractivity contribution is 0.673. The van der Waals surface area contributed by atoms with E-state index in [2.05, 4.69) is 109 Å². The highest BCUT2D eigenvalue weighted by Gasteiger charge is 2.19. The molecule has 10 rings (SSSR count). The van der Waals surface area contributed by atoms with Crippen LogP contribution in [0.2, 0.25) is 0 Å². The van der Waals surface area contributed by atoms with Crippen molar-refractivity contribution in [2.45, 2.75) is 0 Å². The Bertz CT molecular complexity index is 3060. The van der Waals surface area contributed by atoms with Gasteiger partial charge in [0.1, 0.15) is 11.2 Å². The van der Waals surface area contributed by atoms with Crippen LogP contribution in [0.5, 0.6) is 0 Å². The molecule has 0 aliphatic carbocycles. The molecular formula is C50H30N4O. The van der Waals surface area contributed by atoms with Crippen LogP contribution in [0.3, 0.4) is 0 Å². The van der Waals surface area contributed by atoms with E-state index >= 15 is 0 Å². The van der Waals surface area contributed by atoms with E-state index < -0.39 is 0 Å². The molecule has 5 nitrogen and oxygen atoms in total. The molecule has 8 aromatic carbocycles. The Balaban J connectivity index is 1.10. The van der Waals surface area contributed by atoms with Crippen LogP contribution in [-0.2, 0) is 0 Å². The second kappa shape index (κ2) is 13.4. The minimum atomic E-state index is 0.559. The highest BCUT2D eigenvalue weighted by atomic mass is 16.3. The molecule has 0 aliphatic heterocycles. The number of benzene rings is 8. The normalized spacial score (nSPS) is 11.3. The fourth-order valence-corrected chi connectivity index (χ4v) is 7.35. The van der Waals surface area contributed by atoms with Gasteiger partial charge in [0.25, 0.3) is 0 Å². The summed E-state index contributed by atoms with van der Waals surface area (Å²) < 4.78 is 6.79. The Morgan fingerprint density at radius 2 is 0.873 bits per heavy atom. The molecule has 2 heterocycles. The molecule has 0 N–H and O–H groups in total. The van der Waals surface area contributed by atoms with Crippen molar-refractivity contribution in [1.82, 2.24) is 15.0 Å². The Hall–Kier alpha value is -7.68. The zero-order valence-electron chi connectivity index (χ0n) is 29.5. The topological polar surface area (TPSA) is 75.6 Å². The van der Waals surface area contributed by atoms with Gasteiger partial charge in [0.15, 0.2) is 17.5 Å². The molecule has 0 amide bonds. The van der Waals surface area contributed by atoms with Gasteiger partial charge in [0.2, 0.25) is 0 Å². The van der Waals surface area contributed by atoms with E-state index in [1.807, 2.05) is 78.9 Å². The highest BCUT2D eigenvalue weighted by molar-refractivity contribution is 6.21. The number of aromatic nitrogens is 3. The van der Waals surface area contributed by atoms with Gasteiger partial charge >= 0.3 is 0 Å². The van der Waals surface area contributed by atoms with Crippen LogP contribution < -0.4 is 0 Å². The number of fused-ring (bicyclic) bond motifs is 5. The average Bonchev–Trinajstić information content (AvgIpc) is 3.66. The van der Waals surface area contributed by atoms with Crippen molar-refractivity contribution in [1.29, 1.82) is 5.26 Å². The summed E-state index contributed by atoms with van der Waals surface area (Å²) >= 11 is 0. The fourth-order valence-electron chi connectivity index (χ4n) is 7.35. The summed E-state index contributed by atoms with van der Waals surface area (Å²) in [5, 5.41) is 13.5. The molecule has 10 aromatic rings. The maximum absolute atomic E-state index is 9.21. The second-order valence-corrected chi connectivity index (χ2v) is 13.5. The van der Waals surface area contributed by atoms with Crippen LogP contribution >= 0.6 is 0 Å². The van der Waals surface area contributed by atoms with Crippen molar-refractivity contribution in [2.24, 2.45) is 0 Å². The second-order valence-electron chi connectivity index (χ2n) is 13.5. The van der Waals surface area contributed by atoms with Crippen molar-refractivity contribution < 1.29 is 4.42 Å². The molecular weight excluding hydrogens is 673 g/mol. The molecule has 55 heavy (non-hydrogen) atoms. The van der Waals surface area contributed by atoms with Crippen molar-refractivity contribution in [3.05, 3.63) is 188 Å². The molecule has 0 saturated carbocycles. The smallest absolute Gasteiger partial charge is 0.164 e. The van der Waals surface area contributed by atoms with Crippen molar-refractivity contribution in [2.75, 3.05) is 0 Å². The van der Waals surface area contributed by atoms with Crippen molar-refractivity contribution in [3.63, 3.8) is 0 Å². The third-order valence-corrected chi connectivity index (χ3v) is 10.2. The average molecular weight is 703 g/mol. The molecule has 0 bridgehead atoms. The zero-order chi connectivity index (χ0) is 36.7. The molecule has 0 fully saturated rings. The monoisotopic (exact) mass is 702 g/mol. The number of nitriles is 1. The minimum absolute atomic E-state index is 0.559. The molecule has 0 saturated heterocycles. The van der Waals surface area contributed by atoms with E-state index in [4.69, 9.17) is 19.4 Å². The minimum Gasteiger partial charge on any atom is -0.455 e. The van der Waals surface area contributed by atoms with Crippen LogP contribution in [0, 0.1) is 11.3 Å². The first-order valence-electron chi connectivity index (χ1n) is 18.2. The predicted molar refractivity (Wildman–Crippen MR) is 222 cm³/mol.